The maximum atomic E-state index is 11.9. The number of esters is 1. The van der Waals surface area contributed by atoms with Crippen LogP contribution >= 0.6 is 0 Å². The summed E-state index contributed by atoms with van der Waals surface area (Å²) >= 11 is 0. The molecule has 1 aromatic rings. The van der Waals surface area contributed by atoms with Gasteiger partial charge in [0.05, 0.1) is 0 Å². The first-order valence-corrected chi connectivity index (χ1v) is 11.6. The minimum atomic E-state index is -0.269. The number of carbonyl (C=O) groups excluding carboxylic acids is 1. The summed E-state index contributed by atoms with van der Waals surface area (Å²) in [6, 6.07) is 8.39. The van der Waals surface area contributed by atoms with Gasteiger partial charge in [0.25, 0.3) is 0 Å². The van der Waals surface area contributed by atoms with Gasteiger partial charge in [0.1, 0.15) is 5.75 Å². The Labute approximate surface area is 171 Å². The standard InChI is InChI=1S/C26H38O2/c1-3-5-7-8-10-24(27)28-23-13-11-22(12-14-23)26-19-16-25(17-20-26,18-21-26)15-9-6-4-2/h8,10-14H,3-7,9,15-21H2,1-2H3. The van der Waals surface area contributed by atoms with Gasteiger partial charge in [-0.05, 0) is 79.9 Å². The first kappa shape index (κ1) is 21.1. The van der Waals surface area contributed by atoms with Crippen LogP contribution in [0.25, 0.3) is 0 Å². The van der Waals surface area contributed by atoms with E-state index in [0.29, 0.717) is 16.6 Å². The van der Waals surface area contributed by atoms with E-state index in [0.717, 1.165) is 19.3 Å². The molecule has 0 radical (unpaired) electrons. The van der Waals surface area contributed by atoms with Gasteiger partial charge in [-0.1, -0.05) is 64.2 Å². The summed E-state index contributed by atoms with van der Waals surface area (Å²) in [5.41, 5.74) is 2.47. The third-order valence-corrected chi connectivity index (χ3v) is 7.38. The second kappa shape index (κ2) is 9.76. The molecule has 0 aliphatic heterocycles. The second-order valence-electron chi connectivity index (χ2n) is 9.23. The number of hydrogen-bond donors (Lipinski definition) is 0. The normalized spacial score (nSPS) is 26.6. The van der Waals surface area contributed by atoms with Gasteiger partial charge in [0, 0.05) is 6.08 Å². The number of hydrogen-bond acceptors (Lipinski definition) is 2. The fourth-order valence-corrected chi connectivity index (χ4v) is 5.35. The van der Waals surface area contributed by atoms with Crippen LogP contribution in [-0.4, -0.2) is 5.97 Å². The van der Waals surface area contributed by atoms with E-state index in [1.807, 2.05) is 18.2 Å². The summed E-state index contributed by atoms with van der Waals surface area (Å²) in [5, 5.41) is 0. The van der Waals surface area contributed by atoms with Crippen molar-refractivity contribution < 1.29 is 9.53 Å². The molecular formula is C26H38O2. The van der Waals surface area contributed by atoms with E-state index in [1.54, 1.807) is 6.08 Å². The molecule has 2 heteroatoms. The molecule has 0 aromatic heterocycles. The van der Waals surface area contributed by atoms with Crippen LogP contribution in [0.1, 0.15) is 103 Å². The van der Waals surface area contributed by atoms with E-state index in [2.05, 4.69) is 26.0 Å². The fourth-order valence-electron chi connectivity index (χ4n) is 5.35. The minimum Gasteiger partial charge on any atom is -0.423 e. The van der Waals surface area contributed by atoms with Crippen molar-refractivity contribution in [2.45, 2.75) is 103 Å². The lowest BCUT2D eigenvalue weighted by atomic mass is 9.51. The minimum absolute atomic E-state index is 0.269. The number of unbranched alkanes of at least 4 members (excludes halogenated alkanes) is 4. The van der Waals surface area contributed by atoms with Crippen LogP contribution in [0.2, 0.25) is 0 Å². The van der Waals surface area contributed by atoms with Gasteiger partial charge >= 0.3 is 5.97 Å². The molecule has 3 aliphatic carbocycles. The molecule has 3 aliphatic rings. The predicted molar refractivity (Wildman–Crippen MR) is 117 cm³/mol. The van der Waals surface area contributed by atoms with E-state index < -0.39 is 0 Å². The molecule has 2 nitrogen and oxygen atoms in total. The fraction of sp³-hybridized carbons (Fsp3) is 0.654. The molecule has 0 saturated heterocycles. The van der Waals surface area contributed by atoms with Crippen LogP contribution in [0.15, 0.2) is 36.4 Å². The Morgan fingerprint density at radius 2 is 1.57 bits per heavy atom. The van der Waals surface area contributed by atoms with Gasteiger partial charge in [0.2, 0.25) is 0 Å². The Hall–Kier alpha value is -1.57. The molecular weight excluding hydrogens is 344 g/mol. The van der Waals surface area contributed by atoms with E-state index in [-0.39, 0.29) is 5.97 Å². The van der Waals surface area contributed by atoms with Crippen LogP contribution in [0.5, 0.6) is 5.75 Å². The molecule has 0 heterocycles. The third-order valence-electron chi connectivity index (χ3n) is 7.38. The lowest BCUT2D eigenvalue weighted by Gasteiger charge is -2.54. The largest absolute Gasteiger partial charge is 0.423 e. The number of benzene rings is 1. The Morgan fingerprint density at radius 1 is 0.929 bits per heavy atom. The van der Waals surface area contributed by atoms with E-state index in [4.69, 9.17) is 4.74 Å². The topological polar surface area (TPSA) is 26.3 Å². The Balaban J connectivity index is 1.55. The summed E-state index contributed by atoms with van der Waals surface area (Å²) in [6.07, 6.45) is 20.4. The van der Waals surface area contributed by atoms with Crippen LogP contribution in [0.3, 0.4) is 0 Å². The van der Waals surface area contributed by atoms with Gasteiger partial charge in [-0.15, -0.1) is 0 Å². The number of carbonyl (C=O) groups is 1. The Morgan fingerprint density at radius 3 is 2.18 bits per heavy atom. The van der Waals surface area contributed by atoms with Crippen molar-refractivity contribution in [2.24, 2.45) is 5.41 Å². The highest BCUT2D eigenvalue weighted by atomic mass is 16.5. The first-order valence-electron chi connectivity index (χ1n) is 11.6. The summed E-state index contributed by atoms with van der Waals surface area (Å²) in [7, 11) is 0. The molecule has 4 rings (SSSR count). The van der Waals surface area contributed by atoms with Crippen LogP contribution < -0.4 is 4.74 Å². The van der Waals surface area contributed by atoms with Gasteiger partial charge in [0.15, 0.2) is 0 Å². The molecule has 3 saturated carbocycles. The highest BCUT2D eigenvalue weighted by Gasteiger charge is 2.48. The first-order chi connectivity index (χ1) is 13.6. The van der Waals surface area contributed by atoms with Crippen molar-refractivity contribution in [3.05, 3.63) is 42.0 Å². The molecule has 28 heavy (non-hydrogen) atoms. The van der Waals surface area contributed by atoms with E-state index in [1.165, 1.54) is 69.8 Å². The molecule has 0 unspecified atom stereocenters. The maximum Gasteiger partial charge on any atom is 0.335 e. The molecule has 2 bridgehead atoms. The number of ether oxygens (including phenoxy) is 1. The van der Waals surface area contributed by atoms with Crippen molar-refractivity contribution in [3.8, 4) is 5.75 Å². The zero-order valence-corrected chi connectivity index (χ0v) is 18.0. The van der Waals surface area contributed by atoms with Crippen LogP contribution in [0, 0.1) is 5.41 Å². The number of allylic oxidation sites excluding steroid dienone is 1. The van der Waals surface area contributed by atoms with Gasteiger partial charge in [-0.25, -0.2) is 4.79 Å². The third kappa shape index (κ3) is 5.07. The van der Waals surface area contributed by atoms with Crippen molar-refractivity contribution >= 4 is 5.97 Å². The highest BCUT2D eigenvalue weighted by molar-refractivity contribution is 5.83. The SMILES string of the molecule is CCCCC=CC(=O)Oc1ccc(C23CCC(CCCCC)(CC2)CC3)cc1. The summed E-state index contributed by atoms with van der Waals surface area (Å²) in [5.74, 6) is 0.389. The zero-order valence-electron chi connectivity index (χ0n) is 18.0. The lowest BCUT2D eigenvalue weighted by molar-refractivity contribution is -0.129. The second-order valence-corrected chi connectivity index (χ2v) is 9.23. The quantitative estimate of drug-likeness (QED) is 0.181. The Bertz CT molecular complexity index is 631. The van der Waals surface area contributed by atoms with Gasteiger partial charge in [-0.2, -0.15) is 0 Å². The zero-order chi connectivity index (χ0) is 19.9. The number of fused-ring (bicyclic) bond motifs is 3. The van der Waals surface area contributed by atoms with Gasteiger partial charge < -0.3 is 4.74 Å². The molecule has 0 spiro atoms. The van der Waals surface area contributed by atoms with E-state index in [9.17, 15) is 4.79 Å². The monoisotopic (exact) mass is 382 g/mol. The maximum absolute atomic E-state index is 11.9. The molecule has 0 atom stereocenters. The predicted octanol–water partition coefficient (Wildman–Crippen LogP) is 7.51. The van der Waals surface area contributed by atoms with Gasteiger partial charge in [-0.3, -0.25) is 0 Å². The molecule has 1 aromatic carbocycles. The molecule has 0 amide bonds. The molecule has 154 valence electrons. The average molecular weight is 383 g/mol. The lowest BCUT2D eigenvalue weighted by Crippen LogP contribution is -2.44. The van der Waals surface area contributed by atoms with Crippen LogP contribution in [0.4, 0.5) is 0 Å². The van der Waals surface area contributed by atoms with E-state index >= 15 is 0 Å². The van der Waals surface area contributed by atoms with Crippen molar-refractivity contribution in [2.75, 3.05) is 0 Å². The summed E-state index contributed by atoms with van der Waals surface area (Å²) in [6.45, 7) is 4.45. The van der Waals surface area contributed by atoms with Crippen molar-refractivity contribution in [1.29, 1.82) is 0 Å². The molecule has 0 N–H and O–H groups in total. The number of rotatable bonds is 10. The highest BCUT2D eigenvalue weighted by Crippen LogP contribution is 2.59. The van der Waals surface area contributed by atoms with Crippen molar-refractivity contribution in [1.82, 2.24) is 0 Å². The summed E-state index contributed by atoms with van der Waals surface area (Å²) < 4.78 is 5.46. The average Bonchev–Trinajstić information content (AvgIpc) is 2.73. The van der Waals surface area contributed by atoms with Crippen LogP contribution in [-0.2, 0) is 10.2 Å². The molecule has 3 fully saturated rings. The summed E-state index contributed by atoms with van der Waals surface area (Å²) in [4.78, 5) is 11.9. The smallest absolute Gasteiger partial charge is 0.335 e. The van der Waals surface area contributed by atoms with Crippen molar-refractivity contribution in [3.63, 3.8) is 0 Å². The Kier molecular flexibility index (Phi) is 7.37.